The summed E-state index contributed by atoms with van der Waals surface area (Å²) >= 11 is 0. The molecule has 6 heteroatoms. The summed E-state index contributed by atoms with van der Waals surface area (Å²) in [6, 6.07) is 6.82. The second kappa shape index (κ2) is 4.98. The van der Waals surface area contributed by atoms with E-state index in [1.165, 1.54) is 4.57 Å². The third-order valence-electron chi connectivity index (χ3n) is 2.94. The number of fused-ring (bicyclic) bond motifs is 1. The first kappa shape index (κ1) is 12.9. The molecule has 1 aromatic carbocycles. The van der Waals surface area contributed by atoms with Crippen LogP contribution < -0.4 is 11.1 Å². The van der Waals surface area contributed by atoms with Crippen molar-refractivity contribution in [3.05, 3.63) is 28.7 Å². The summed E-state index contributed by atoms with van der Waals surface area (Å²) in [5, 5.41) is 11.5. The Morgan fingerprint density at radius 2 is 2.32 bits per heavy atom. The number of nitriles is 1. The van der Waals surface area contributed by atoms with Crippen molar-refractivity contribution in [1.29, 1.82) is 5.26 Å². The molecule has 1 atom stereocenters. The zero-order chi connectivity index (χ0) is 14.0. The van der Waals surface area contributed by atoms with E-state index in [0.29, 0.717) is 23.2 Å². The Morgan fingerprint density at radius 1 is 1.58 bits per heavy atom. The summed E-state index contributed by atoms with van der Waals surface area (Å²) in [6.07, 6.45) is 0.453. The summed E-state index contributed by atoms with van der Waals surface area (Å²) in [5.74, 6) is -1.48. The maximum Gasteiger partial charge on any atom is 0.419 e. The van der Waals surface area contributed by atoms with E-state index >= 15 is 0 Å². The zero-order valence-corrected chi connectivity index (χ0v) is 10.6. The van der Waals surface area contributed by atoms with Crippen molar-refractivity contribution in [3.63, 3.8) is 0 Å². The monoisotopic (exact) mass is 259 g/mol. The van der Waals surface area contributed by atoms with Gasteiger partial charge in [0.1, 0.15) is 5.92 Å². The number of anilines is 1. The smallest absolute Gasteiger partial charge is 0.408 e. The average Bonchev–Trinajstić information content (AvgIpc) is 2.67. The molecule has 1 aromatic heterocycles. The van der Waals surface area contributed by atoms with Crippen molar-refractivity contribution in [2.24, 2.45) is 13.0 Å². The van der Waals surface area contributed by atoms with Gasteiger partial charge >= 0.3 is 5.76 Å². The van der Waals surface area contributed by atoms with Gasteiger partial charge in [-0.05, 0) is 24.6 Å². The third-order valence-corrected chi connectivity index (χ3v) is 2.94. The molecule has 1 heterocycles. The van der Waals surface area contributed by atoms with Gasteiger partial charge in [0, 0.05) is 12.7 Å². The van der Waals surface area contributed by atoms with Gasteiger partial charge in [0.05, 0.1) is 11.6 Å². The molecule has 0 fully saturated rings. The summed E-state index contributed by atoms with van der Waals surface area (Å²) in [7, 11) is 1.59. The fraction of sp³-hybridized carbons (Fsp3) is 0.308. The first-order valence-corrected chi connectivity index (χ1v) is 5.87. The molecule has 19 heavy (non-hydrogen) atoms. The molecule has 2 aromatic rings. The number of nitrogens with one attached hydrogen (secondary N) is 1. The lowest BCUT2D eigenvalue weighted by atomic mass is 10.1. The maximum absolute atomic E-state index is 11.8. The number of benzene rings is 1. The molecule has 1 N–H and O–H groups in total. The lowest BCUT2D eigenvalue weighted by molar-refractivity contribution is -0.118. The molecule has 0 saturated heterocycles. The van der Waals surface area contributed by atoms with Crippen molar-refractivity contribution in [2.45, 2.75) is 13.3 Å². The van der Waals surface area contributed by atoms with Crippen LogP contribution in [0.2, 0.25) is 0 Å². The summed E-state index contributed by atoms with van der Waals surface area (Å²) in [4.78, 5) is 23.1. The first-order valence-electron chi connectivity index (χ1n) is 5.87. The fourth-order valence-electron chi connectivity index (χ4n) is 1.77. The van der Waals surface area contributed by atoms with Gasteiger partial charge in [0.15, 0.2) is 5.58 Å². The molecule has 1 unspecified atom stereocenters. The number of amides is 1. The van der Waals surface area contributed by atoms with Gasteiger partial charge in [-0.15, -0.1) is 0 Å². The van der Waals surface area contributed by atoms with Crippen LogP contribution in [0, 0.1) is 17.2 Å². The predicted molar refractivity (Wildman–Crippen MR) is 69.5 cm³/mol. The minimum absolute atomic E-state index is 0.349. The molecule has 0 spiro atoms. The van der Waals surface area contributed by atoms with Crippen molar-refractivity contribution in [1.82, 2.24) is 4.57 Å². The Morgan fingerprint density at radius 3 is 2.95 bits per heavy atom. The lowest BCUT2D eigenvalue weighted by Gasteiger charge is -2.08. The van der Waals surface area contributed by atoms with E-state index in [9.17, 15) is 9.59 Å². The van der Waals surface area contributed by atoms with E-state index in [2.05, 4.69) is 5.32 Å². The Hall–Kier alpha value is -2.55. The van der Waals surface area contributed by atoms with Crippen LogP contribution in [0.4, 0.5) is 5.69 Å². The SMILES string of the molecule is CCC(C#N)C(=O)Nc1ccc2oc(=O)n(C)c2c1. The van der Waals surface area contributed by atoms with E-state index in [0.717, 1.165) is 0 Å². The highest BCUT2D eigenvalue weighted by Crippen LogP contribution is 2.18. The van der Waals surface area contributed by atoms with E-state index in [1.807, 2.05) is 6.07 Å². The number of hydrogen-bond donors (Lipinski definition) is 1. The highest BCUT2D eigenvalue weighted by atomic mass is 16.4. The second-order valence-electron chi connectivity index (χ2n) is 4.19. The Labute approximate surface area is 109 Å². The van der Waals surface area contributed by atoms with Crippen LogP contribution in [0.3, 0.4) is 0 Å². The van der Waals surface area contributed by atoms with Gasteiger partial charge in [-0.1, -0.05) is 6.92 Å². The summed E-state index contributed by atoms with van der Waals surface area (Å²) in [6.45, 7) is 1.77. The van der Waals surface area contributed by atoms with Crippen LogP contribution in [-0.2, 0) is 11.8 Å². The van der Waals surface area contributed by atoms with Gasteiger partial charge in [-0.3, -0.25) is 9.36 Å². The van der Waals surface area contributed by atoms with E-state index in [4.69, 9.17) is 9.68 Å². The Kier molecular flexibility index (Phi) is 3.38. The molecule has 0 aliphatic carbocycles. The van der Waals surface area contributed by atoms with Gasteiger partial charge in [0.2, 0.25) is 5.91 Å². The number of carbonyl (C=O) groups excluding carboxylic acids is 1. The van der Waals surface area contributed by atoms with Crippen LogP contribution in [0.1, 0.15) is 13.3 Å². The number of hydrogen-bond acceptors (Lipinski definition) is 4. The molecule has 0 aliphatic rings. The second-order valence-corrected chi connectivity index (χ2v) is 4.19. The standard InChI is InChI=1S/C13H13N3O3/c1-3-8(7-14)12(17)15-9-4-5-11-10(6-9)16(2)13(18)19-11/h4-6,8H,3H2,1-2H3,(H,15,17). The molecule has 2 rings (SSSR count). The number of rotatable bonds is 3. The number of oxazole rings is 1. The molecule has 0 radical (unpaired) electrons. The number of nitrogens with zero attached hydrogens (tertiary/aromatic N) is 2. The normalized spacial score (nSPS) is 12.1. The molecular weight excluding hydrogens is 246 g/mol. The minimum atomic E-state index is -0.677. The van der Waals surface area contributed by atoms with Crippen molar-refractivity contribution >= 4 is 22.7 Å². The summed E-state index contributed by atoms with van der Waals surface area (Å²) < 4.78 is 6.34. The van der Waals surface area contributed by atoms with Crippen LogP contribution >= 0.6 is 0 Å². The Balaban J connectivity index is 2.32. The highest BCUT2D eigenvalue weighted by Gasteiger charge is 2.16. The highest BCUT2D eigenvalue weighted by molar-refractivity contribution is 5.95. The lowest BCUT2D eigenvalue weighted by Crippen LogP contribution is -2.20. The van der Waals surface area contributed by atoms with E-state index in [-0.39, 0.29) is 5.91 Å². The Bertz CT molecular complexity index is 721. The fourth-order valence-corrected chi connectivity index (χ4v) is 1.77. The van der Waals surface area contributed by atoms with Gasteiger partial charge < -0.3 is 9.73 Å². The predicted octanol–water partition coefficient (Wildman–Crippen LogP) is 1.62. The number of aryl methyl sites for hydroxylation is 1. The molecular formula is C13H13N3O3. The van der Waals surface area contributed by atoms with Crippen molar-refractivity contribution in [2.75, 3.05) is 5.32 Å². The van der Waals surface area contributed by atoms with Gasteiger partial charge in [0.25, 0.3) is 0 Å². The first-order chi connectivity index (χ1) is 9.06. The molecule has 1 amide bonds. The minimum Gasteiger partial charge on any atom is -0.408 e. The molecule has 98 valence electrons. The van der Waals surface area contributed by atoms with E-state index in [1.54, 1.807) is 32.2 Å². The van der Waals surface area contributed by atoms with E-state index < -0.39 is 11.7 Å². The molecule has 0 saturated carbocycles. The third kappa shape index (κ3) is 2.36. The zero-order valence-electron chi connectivity index (χ0n) is 10.6. The van der Waals surface area contributed by atoms with Gasteiger partial charge in [-0.25, -0.2) is 4.79 Å². The largest absolute Gasteiger partial charge is 0.419 e. The molecule has 6 nitrogen and oxygen atoms in total. The summed E-state index contributed by atoms with van der Waals surface area (Å²) in [5.41, 5.74) is 1.58. The topological polar surface area (TPSA) is 88.0 Å². The van der Waals surface area contributed by atoms with Crippen LogP contribution in [0.25, 0.3) is 11.1 Å². The van der Waals surface area contributed by atoms with Crippen LogP contribution in [0.5, 0.6) is 0 Å². The van der Waals surface area contributed by atoms with Crippen LogP contribution in [0.15, 0.2) is 27.4 Å². The average molecular weight is 259 g/mol. The van der Waals surface area contributed by atoms with Crippen molar-refractivity contribution < 1.29 is 9.21 Å². The molecule has 0 bridgehead atoms. The molecule has 0 aliphatic heterocycles. The quantitative estimate of drug-likeness (QED) is 0.907. The maximum atomic E-state index is 11.8. The van der Waals surface area contributed by atoms with Gasteiger partial charge in [-0.2, -0.15) is 5.26 Å². The number of carbonyl (C=O) groups is 1. The van der Waals surface area contributed by atoms with Crippen LogP contribution in [-0.4, -0.2) is 10.5 Å². The van der Waals surface area contributed by atoms with Crippen molar-refractivity contribution in [3.8, 4) is 6.07 Å². The number of aromatic nitrogens is 1.